The highest BCUT2D eigenvalue weighted by Gasteiger charge is 2.13. The molecule has 0 atom stereocenters. The van der Waals surface area contributed by atoms with Gasteiger partial charge in [0.05, 0.1) is 6.54 Å². The van der Waals surface area contributed by atoms with Gasteiger partial charge in [-0.3, -0.25) is 0 Å². The zero-order valence-corrected chi connectivity index (χ0v) is 14.7. The largest absolute Gasteiger partial charge is 0.385 e. The molecule has 0 radical (unpaired) electrons. The summed E-state index contributed by atoms with van der Waals surface area (Å²) in [6, 6.07) is 6.27. The number of nitrogens with zero attached hydrogens (tertiary/aromatic N) is 3. The Bertz CT molecular complexity index is 785. The second-order valence-electron chi connectivity index (χ2n) is 5.31. The zero-order valence-electron chi connectivity index (χ0n) is 13.2. The summed E-state index contributed by atoms with van der Waals surface area (Å²) in [4.78, 5) is 5.61. The highest BCUT2D eigenvalue weighted by Crippen LogP contribution is 2.24. The summed E-state index contributed by atoms with van der Waals surface area (Å²) >= 11 is 7.81. The average molecular weight is 351 g/mol. The van der Waals surface area contributed by atoms with Gasteiger partial charge in [-0.25, -0.2) is 4.52 Å². The van der Waals surface area contributed by atoms with E-state index in [1.165, 1.54) is 10.4 Å². The van der Waals surface area contributed by atoms with Gasteiger partial charge >= 0.3 is 0 Å². The van der Waals surface area contributed by atoms with E-state index in [1.54, 1.807) is 18.4 Å². The van der Waals surface area contributed by atoms with Crippen molar-refractivity contribution in [2.24, 2.45) is 0 Å². The van der Waals surface area contributed by atoms with Crippen LogP contribution in [0.5, 0.6) is 0 Å². The van der Waals surface area contributed by atoms with Crippen LogP contribution in [0.25, 0.3) is 5.52 Å². The van der Waals surface area contributed by atoms with Crippen molar-refractivity contribution in [2.45, 2.75) is 26.3 Å². The molecule has 0 fully saturated rings. The highest BCUT2D eigenvalue weighted by atomic mass is 35.5. The maximum atomic E-state index is 6.09. The molecule has 0 aliphatic rings. The molecule has 5 nitrogen and oxygen atoms in total. The Labute approximate surface area is 144 Å². The lowest BCUT2D eigenvalue weighted by Gasteiger charge is -2.07. The number of thiophene rings is 1. The minimum Gasteiger partial charge on any atom is -0.385 e. The van der Waals surface area contributed by atoms with Gasteiger partial charge < -0.3 is 10.1 Å². The van der Waals surface area contributed by atoms with Gasteiger partial charge in [-0.1, -0.05) is 6.07 Å². The Morgan fingerprint density at radius 3 is 3.04 bits per heavy atom. The highest BCUT2D eigenvalue weighted by molar-refractivity contribution is 7.09. The van der Waals surface area contributed by atoms with Crippen molar-refractivity contribution in [1.82, 2.24) is 14.6 Å². The molecule has 0 saturated carbocycles. The Morgan fingerprint density at radius 2 is 2.30 bits per heavy atom. The number of rotatable bonds is 7. The molecule has 0 saturated heterocycles. The van der Waals surface area contributed by atoms with Gasteiger partial charge in [0.25, 0.3) is 0 Å². The topological polar surface area (TPSA) is 51.5 Å². The van der Waals surface area contributed by atoms with Crippen molar-refractivity contribution in [3.05, 3.63) is 45.0 Å². The first kappa shape index (κ1) is 16.2. The summed E-state index contributed by atoms with van der Waals surface area (Å²) in [6.07, 6.45) is 1.93. The van der Waals surface area contributed by atoms with Crippen molar-refractivity contribution in [3.63, 3.8) is 0 Å². The lowest BCUT2D eigenvalue weighted by Crippen LogP contribution is -2.05. The predicted molar refractivity (Wildman–Crippen MR) is 94.6 cm³/mol. The summed E-state index contributed by atoms with van der Waals surface area (Å²) in [5, 5.41) is 10.0. The molecule has 3 rings (SSSR count). The molecule has 3 heterocycles. The summed E-state index contributed by atoms with van der Waals surface area (Å²) in [5.74, 6) is 0.763. The minimum atomic E-state index is 0.244. The molecule has 0 spiro atoms. The van der Waals surface area contributed by atoms with E-state index in [0.29, 0.717) is 0 Å². The Morgan fingerprint density at radius 1 is 1.43 bits per heavy atom. The molecule has 0 bridgehead atoms. The van der Waals surface area contributed by atoms with E-state index in [9.17, 15) is 0 Å². The molecular weight excluding hydrogens is 332 g/mol. The number of hydrogen-bond acceptors (Lipinski definition) is 5. The Kier molecular flexibility index (Phi) is 5.15. The van der Waals surface area contributed by atoms with Crippen LogP contribution in [0.4, 0.5) is 5.82 Å². The van der Waals surface area contributed by atoms with Crippen LogP contribution in [0.1, 0.15) is 22.6 Å². The molecule has 23 heavy (non-hydrogen) atoms. The number of hydrogen-bond donors (Lipinski definition) is 1. The Balaban J connectivity index is 1.89. The third-order valence-electron chi connectivity index (χ3n) is 3.76. The van der Waals surface area contributed by atoms with Crippen molar-refractivity contribution in [2.75, 3.05) is 19.0 Å². The van der Waals surface area contributed by atoms with Crippen LogP contribution in [0.3, 0.4) is 0 Å². The maximum Gasteiger partial charge on any atom is 0.243 e. The fourth-order valence-electron chi connectivity index (χ4n) is 2.57. The second-order valence-corrected chi connectivity index (χ2v) is 6.68. The zero-order chi connectivity index (χ0) is 16.2. The first-order valence-electron chi connectivity index (χ1n) is 7.49. The van der Waals surface area contributed by atoms with Gasteiger partial charge in [-0.05, 0) is 54.4 Å². The molecule has 1 N–H and O–H groups in total. The van der Waals surface area contributed by atoms with Crippen molar-refractivity contribution in [3.8, 4) is 0 Å². The molecule has 0 aliphatic carbocycles. The number of methoxy groups -OCH3 is 1. The second kappa shape index (κ2) is 7.29. The van der Waals surface area contributed by atoms with Crippen molar-refractivity contribution >= 4 is 34.3 Å². The van der Waals surface area contributed by atoms with E-state index in [4.69, 9.17) is 16.3 Å². The van der Waals surface area contributed by atoms with Crippen LogP contribution < -0.4 is 5.32 Å². The van der Waals surface area contributed by atoms with E-state index in [1.807, 2.05) is 10.6 Å². The van der Waals surface area contributed by atoms with E-state index in [-0.39, 0.29) is 5.28 Å². The fraction of sp³-hybridized carbons (Fsp3) is 0.375. The fourth-order valence-corrected chi connectivity index (χ4v) is 3.38. The molecule has 0 amide bonds. The third-order valence-corrected chi connectivity index (χ3v) is 4.79. The van der Waals surface area contributed by atoms with Crippen LogP contribution in [-0.2, 0) is 17.7 Å². The first-order chi connectivity index (χ1) is 11.2. The lowest BCUT2D eigenvalue weighted by atomic mass is 10.1. The van der Waals surface area contributed by atoms with Gasteiger partial charge in [0, 0.05) is 24.3 Å². The predicted octanol–water partition coefficient (Wildman–Crippen LogP) is 3.94. The number of halogens is 1. The van der Waals surface area contributed by atoms with E-state index in [0.717, 1.165) is 43.0 Å². The smallest absolute Gasteiger partial charge is 0.243 e. The molecule has 3 aromatic heterocycles. The van der Waals surface area contributed by atoms with Gasteiger partial charge in [-0.15, -0.1) is 16.4 Å². The number of aromatic nitrogens is 3. The molecule has 3 aromatic rings. The minimum absolute atomic E-state index is 0.244. The van der Waals surface area contributed by atoms with E-state index in [2.05, 4.69) is 39.8 Å². The number of ether oxygens (including phenoxy) is 1. The standard InChI is InChI=1S/C16H19ClN4OS/c1-11-12(5-3-7-22-2)9-14-15(19-16(17)20-21(11)14)18-10-13-6-4-8-23-13/h4,6,8-9H,3,5,7,10H2,1-2H3,(H,18,19,20). The molecule has 122 valence electrons. The number of fused-ring (bicyclic) bond motifs is 1. The molecule has 7 heteroatoms. The van der Waals surface area contributed by atoms with E-state index >= 15 is 0 Å². The van der Waals surface area contributed by atoms with Crippen LogP contribution in [-0.4, -0.2) is 28.3 Å². The van der Waals surface area contributed by atoms with Crippen LogP contribution in [0.15, 0.2) is 23.6 Å². The van der Waals surface area contributed by atoms with Crippen molar-refractivity contribution in [1.29, 1.82) is 0 Å². The number of anilines is 1. The summed E-state index contributed by atoms with van der Waals surface area (Å²) in [5.41, 5.74) is 3.30. The quantitative estimate of drug-likeness (QED) is 0.656. The number of nitrogens with one attached hydrogen (secondary N) is 1. The first-order valence-corrected chi connectivity index (χ1v) is 8.74. The van der Waals surface area contributed by atoms with Crippen molar-refractivity contribution < 1.29 is 4.74 Å². The number of aryl methyl sites for hydroxylation is 2. The molecule has 0 aliphatic heterocycles. The average Bonchev–Trinajstić information content (AvgIpc) is 3.15. The molecular formula is C16H19ClN4OS. The maximum absolute atomic E-state index is 6.09. The summed E-state index contributed by atoms with van der Waals surface area (Å²) in [7, 11) is 1.72. The van der Waals surface area contributed by atoms with Gasteiger partial charge in [-0.2, -0.15) is 4.98 Å². The van der Waals surface area contributed by atoms with Gasteiger partial charge in [0.1, 0.15) is 5.52 Å². The van der Waals surface area contributed by atoms with Crippen LogP contribution in [0, 0.1) is 6.92 Å². The summed E-state index contributed by atoms with van der Waals surface area (Å²) in [6.45, 7) is 3.53. The Hall–Kier alpha value is -1.63. The van der Waals surface area contributed by atoms with E-state index < -0.39 is 0 Å². The molecule has 0 unspecified atom stereocenters. The SMILES string of the molecule is COCCCc1cc2c(NCc3cccs3)nc(Cl)nn2c1C. The van der Waals surface area contributed by atoms with Gasteiger partial charge in [0.2, 0.25) is 5.28 Å². The molecule has 0 aromatic carbocycles. The van der Waals surface area contributed by atoms with Gasteiger partial charge in [0.15, 0.2) is 5.82 Å². The normalized spacial score (nSPS) is 11.3. The lowest BCUT2D eigenvalue weighted by molar-refractivity contribution is 0.195. The monoisotopic (exact) mass is 350 g/mol. The van der Waals surface area contributed by atoms with Crippen LogP contribution in [0.2, 0.25) is 5.28 Å². The van der Waals surface area contributed by atoms with Crippen LogP contribution >= 0.6 is 22.9 Å². The summed E-state index contributed by atoms with van der Waals surface area (Å²) < 4.78 is 7.00. The third kappa shape index (κ3) is 3.65.